The standard InChI is InChI=1S/C35H21Cl/c36-25-16-18-28-27-17-14-24(22-8-2-1-3-9-22)20-32(27)35(33(28)21-25)30-13-7-6-12-29(30)34-26-11-5-4-10-23(26)15-19-31(34)35/h1-21H. The van der Waals surface area contributed by atoms with Crippen LogP contribution in [0.4, 0.5) is 0 Å². The summed E-state index contributed by atoms with van der Waals surface area (Å²) in [6.45, 7) is 0. The summed E-state index contributed by atoms with van der Waals surface area (Å²) >= 11 is 6.70. The first kappa shape index (κ1) is 20.1. The van der Waals surface area contributed by atoms with Gasteiger partial charge in [-0.1, -0.05) is 121 Å². The Balaban J connectivity index is 1.56. The van der Waals surface area contributed by atoms with Crippen molar-refractivity contribution >= 4 is 22.4 Å². The first-order valence-corrected chi connectivity index (χ1v) is 12.8. The molecule has 1 spiro atoms. The molecule has 0 aromatic heterocycles. The van der Waals surface area contributed by atoms with E-state index in [0.29, 0.717) is 0 Å². The molecule has 8 rings (SSSR count). The van der Waals surface area contributed by atoms with Crippen LogP contribution in [-0.2, 0) is 5.41 Å². The zero-order valence-corrected chi connectivity index (χ0v) is 20.3. The van der Waals surface area contributed by atoms with Crippen LogP contribution >= 0.6 is 11.6 Å². The maximum absolute atomic E-state index is 6.70. The molecular weight excluding hydrogens is 456 g/mol. The van der Waals surface area contributed by atoms with E-state index in [9.17, 15) is 0 Å². The Kier molecular flexibility index (Phi) is 4.02. The monoisotopic (exact) mass is 476 g/mol. The van der Waals surface area contributed by atoms with Crippen molar-refractivity contribution in [2.45, 2.75) is 5.41 Å². The first-order valence-electron chi connectivity index (χ1n) is 12.4. The van der Waals surface area contributed by atoms with Crippen molar-refractivity contribution in [1.82, 2.24) is 0 Å². The minimum atomic E-state index is -0.406. The van der Waals surface area contributed by atoms with Gasteiger partial charge in [-0.05, 0) is 84.6 Å². The normalized spacial score (nSPS) is 16.6. The van der Waals surface area contributed by atoms with Gasteiger partial charge < -0.3 is 0 Å². The van der Waals surface area contributed by atoms with Gasteiger partial charge in [0.2, 0.25) is 0 Å². The predicted octanol–water partition coefficient (Wildman–Crippen LogP) is 9.50. The lowest BCUT2D eigenvalue weighted by atomic mass is 9.70. The lowest BCUT2D eigenvalue weighted by Gasteiger charge is -2.31. The molecule has 1 atom stereocenters. The molecule has 1 heteroatoms. The van der Waals surface area contributed by atoms with Crippen LogP contribution in [0.1, 0.15) is 22.3 Å². The van der Waals surface area contributed by atoms with Gasteiger partial charge >= 0.3 is 0 Å². The van der Waals surface area contributed by atoms with Gasteiger partial charge in [-0.2, -0.15) is 0 Å². The topological polar surface area (TPSA) is 0 Å². The van der Waals surface area contributed by atoms with E-state index in [1.165, 1.54) is 66.4 Å². The Morgan fingerprint density at radius 2 is 1.17 bits per heavy atom. The van der Waals surface area contributed by atoms with Crippen LogP contribution in [0, 0.1) is 0 Å². The van der Waals surface area contributed by atoms with Gasteiger partial charge in [0.1, 0.15) is 0 Å². The molecule has 0 aliphatic heterocycles. The second-order valence-corrected chi connectivity index (χ2v) is 10.3. The van der Waals surface area contributed by atoms with E-state index in [4.69, 9.17) is 11.6 Å². The van der Waals surface area contributed by atoms with Crippen LogP contribution in [0.5, 0.6) is 0 Å². The average Bonchev–Trinajstić information content (AvgIpc) is 3.40. The molecule has 0 saturated heterocycles. The Bertz CT molecular complexity index is 1850. The molecule has 36 heavy (non-hydrogen) atoms. The quantitative estimate of drug-likeness (QED) is 0.221. The molecule has 0 heterocycles. The van der Waals surface area contributed by atoms with Crippen LogP contribution in [0.2, 0.25) is 5.02 Å². The van der Waals surface area contributed by atoms with Crippen molar-refractivity contribution < 1.29 is 0 Å². The van der Waals surface area contributed by atoms with Crippen LogP contribution in [0.3, 0.4) is 0 Å². The Morgan fingerprint density at radius 3 is 2.06 bits per heavy atom. The number of hydrogen-bond acceptors (Lipinski definition) is 0. The molecule has 0 bridgehead atoms. The highest BCUT2D eigenvalue weighted by Crippen LogP contribution is 2.64. The van der Waals surface area contributed by atoms with Crippen molar-refractivity contribution in [3.05, 3.63) is 155 Å². The highest BCUT2D eigenvalue weighted by atomic mass is 35.5. The number of rotatable bonds is 1. The third-order valence-corrected chi connectivity index (χ3v) is 8.38. The van der Waals surface area contributed by atoms with Crippen molar-refractivity contribution in [1.29, 1.82) is 0 Å². The molecule has 0 amide bonds. The molecule has 0 N–H and O–H groups in total. The molecule has 2 aliphatic carbocycles. The lowest BCUT2D eigenvalue weighted by molar-refractivity contribution is 0.795. The summed E-state index contributed by atoms with van der Waals surface area (Å²) in [5.74, 6) is 0. The van der Waals surface area contributed by atoms with Crippen LogP contribution in [0.15, 0.2) is 127 Å². The summed E-state index contributed by atoms with van der Waals surface area (Å²) < 4.78 is 0. The Labute approximate surface area is 215 Å². The van der Waals surface area contributed by atoms with E-state index in [-0.39, 0.29) is 0 Å². The molecule has 6 aromatic rings. The highest BCUT2D eigenvalue weighted by Gasteiger charge is 2.52. The third kappa shape index (κ3) is 2.45. The molecular formula is C35H21Cl. The SMILES string of the molecule is Clc1ccc2c(c1)C1(c3cc(-c4ccccc4)ccc3-2)c2ccccc2-c2c1ccc1ccccc21. The van der Waals surface area contributed by atoms with Gasteiger partial charge in [0.25, 0.3) is 0 Å². The second-order valence-electron chi connectivity index (χ2n) is 9.82. The second kappa shape index (κ2) is 7.20. The minimum absolute atomic E-state index is 0.406. The van der Waals surface area contributed by atoms with E-state index in [1.54, 1.807) is 0 Å². The fourth-order valence-electron chi connectivity index (χ4n) is 6.73. The van der Waals surface area contributed by atoms with E-state index >= 15 is 0 Å². The van der Waals surface area contributed by atoms with E-state index in [1.807, 2.05) is 6.07 Å². The first-order chi connectivity index (χ1) is 17.8. The van der Waals surface area contributed by atoms with Crippen LogP contribution in [0.25, 0.3) is 44.2 Å². The summed E-state index contributed by atoms with van der Waals surface area (Å²) in [7, 11) is 0. The van der Waals surface area contributed by atoms with Crippen molar-refractivity contribution in [2.24, 2.45) is 0 Å². The summed E-state index contributed by atoms with van der Waals surface area (Å²) in [6.07, 6.45) is 0. The van der Waals surface area contributed by atoms with Crippen molar-refractivity contribution in [2.75, 3.05) is 0 Å². The van der Waals surface area contributed by atoms with Crippen LogP contribution in [-0.4, -0.2) is 0 Å². The molecule has 0 nitrogen and oxygen atoms in total. The minimum Gasteiger partial charge on any atom is -0.0843 e. The Hall–Kier alpha value is -4.13. The summed E-state index contributed by atoms with van der Waals surface area (Å²) in [5, 5.41) is 3.34. The molecule has 0 radical (unpaired) electrons. The largest absolute Gasteiger partial charge is 0.0843 e. The Morgan fingerprint density at radius 1 is 0.444 bits per heavy atom. The van der Waals surface area contributed by atoms with Gasteiger partial charge in [0.15, 0.2) is 0 Å². The zero-order chi connectivity index (χ0) is 23.9. The number of fused-ring (bicyclic) bond motifs is 12. The maximum Gasteiger partial charge on any atom is 0.0726 e. The summed E-state index contributed by atoms with van der Waals surface area (Å²) in [4.78, 5) is 0. The van der Waals surface area contributed by atoms with Gasteiger partial charge in [-0.25, -0.2) is 0 Å². The lowest BCUT2D eigenvalue weighted by Crippen LogP contribution is -2.26. The van der Waals surface area contributed by atoms with Gasteiger partial charge in [0.05, 0.1) is 5.41 Å². The molecule has 168 valence electrons. The summed E-state index contributed by atoms with van der Waals surface area (Å²) in [6, 6.07) is 46.4. The van der Waals surface area contributed by atoms with E-state index < -0.39 is 5.41 Å². The predicted molar refractivity (Wildman–Crippen MR) is 151 cm³/mol. The third-order valence-electron chi connectivity index (χ3n) is 8.14. The number of halogens is 1. The number of benzene rings is 6. The summed E-state index contributed by atoms with van der Waals surface area (Å²) in [5.41, 5.74) is 12.6. The fraction of sp³-hybridized carbons (Fsp3) is 0.0286. The highest BCUT2D eigenvalue weighted by molar-refractivity contribution is 6.31. The van der Waals surface area contributed by atoms with Gasteiger partial charge in [0, 0.05) is 5.02 Å². The van der Waals surface area contributed by atoms with Crippen molar-refractivity contribution in [3.8, 4) is 33.4 Å². The molecule has 6 aromatic carbocycles. The van der Waals surface area contributed by atoms with E-state index in [0.717, 1.165) is 5.02 Å². The maximum atomic E-state index is 6.70. The van der Waals surface area contributed by atoms with Gasteiger partial charge in [-0.15, -0.1) is 0 Å². The molecule has 0 fully saturated rings. The molecule has 0 saturated carbocycles. The zero-order valence-electron chi connectivity index (χ0n) is 19.5. The number of hydrogen-bond donors (Lipinski definition) is 0. The molecule has 2 aliphatic rings. The van der Waals surface area contributed by atoms with Gasteiger partial charge in [-0.3, -0.25) is 0 Å². The van der Waals surface area contributed by atoms with Crippen molar-refractivity contribution in [3.63, 3.8) is 0 Å². The van der Waals surface area contributed by atoms with E-state index in [2.05, 4.69) is 121 Å². The fourth-order valence-corrected chi connectivity index (χ4v) is 6.91. The molecule has 1 unspecified atom stereocenters. The van der Waals surface area contributed by atoms with Crippen LogP contribution < -0.4 is 0 Å². The smallest absolute Gasteiger partial charge is 0.0726 e. The average molecular weight is 477 g/mol.